The first-order chi connectivity index (χ1) is 10.0. The van der Waals surface area contributed by atoms with Crippen molar-refractivity contribution in [1.29, 1.82) is 0 Å². The topological polar surface area (TPSA) is 61.3 Å². The number of nitrogens with zero attached hydrogens (tertiary/aromatic N) is 4. The molecule has 0 unspecified atom stereocenters. The van der Waals surface area contributed by atoms with Crippen LogP contribution in [-0.4, -0.2) is 18.7 Å². The molecule has 0 saturated carbocycles. The van der Waals surface area contributed by atoms with Crippen molar-refractivity contribution in [3.8, 4) is 5.69 Å². The lowest BCUT2D eigenvalue weighted by molar-refractivity contribution is 0.627. The van der Waals surface area contributed by atoms with Gasteiger partial charge in [0.05, 0.1) is 10.7 Å². The van der Waals surface area contributed by atoms with Gasteiger partial charge in [-0.3, -0.25) is 9.36 Å². The Morgan fingerprint density at radius 3 is 2.71 bits per heavy atom. The molecule has 1 aromatic carbocycles. The molecule has 3 rings (SSSR count). The maximum Gasteiger partial charge on any atom is 0.350 e. The van der Waals surface area contributed by atoms with Crippen LogP contribution in [0, 0.1) is 5.82 Å². The molecule has 3 aromatic rings. The molecule has 0 atom stereocenters. The summed E-state index contributed by atoms with van der Waals surface area (Å²) in [6.45, 7) is 2.12. The third-order valence-electron chi connectivity index (χ3n) is 3.13. The fourth-order valence-corrected chi connectivity index (χ4v) is 2.23. The Labute approximate surface area is 122 Å². The third-order valence-corrected chi connectivity index (χ3v) is 3.42. The Kier molecular flexibility index (Phi) is 3.13. The first kappa shape index (κ1) is 13.6. The standard InChI is InChI=1S/C13H10ClFN4O2/c1-2-19-13(21)18-6-5-17(12(20)11(18)16-19)8-3-4-10(15)9(14)7-8/h3-7H,2H2,1H3. The summed E-state index contributed by atoms with van der Waals surface area (Å²) >= 11 is 5.72. The van der Waals surface area contributed by atoms with Gasteiger partial charge in [-0.05, 0) is 25.1 Å². The zero-order valence-corrected chi connectivity index (χ0v) is 11.7. The summed E-state index contributed by atoms with van der Waals surface area (Å²) in [6.07, 6.45) is 2.86. The van der Waals surface area contributed by atoms with E-state index in [1.54, 1.807) is 6.92 Å². The Morgan fingerprint density at radius 2 is 2.05 bits per heavy atom. The second kappa shape index (κ2) is 4.85. The second-order valence-electron chi connectivity index (χ2n) is 4.36. The predicted octanol–water partition coefficient (Wildman–Crippen LogP) is 1.46. The Balaban J connectivity index is 2.29. The predicted molar refractivity (Wildman–Crippen MR) is 75.7 cm³/mol. The number of rotatable bonds is 2. The molecule has 0 aliphatic rings. The highest BCUT2D eigenvalue weighted by Crippen LogP contribution is 2.17. The number of aromatic nitrogens is 4. The zero-order chi connectivity index (χ0) is 15.1. The van der Waals surface area contributed by atoms with Crippen molar-refractivity contribution in [1.82, 2.24) is 18.7 Å². The van der Waals surface area contributed by atoms with Crippen molar-refractivity contribution < 1.29 is 4.39 Å². The molecule has 0 fully saturated rings. The molecule has 6 nitrogen and oxygen atoms in total. The van der Waals surface area contributed by atoms with Crippen molar-refractivity contribution in [2.75, 3.05) is 0 Å². The van der Waals surface area contributed by atoms with Gasteiger partial charge in [0.15, 0.2) is 0 Å². The fourth-order valence-electron chi connectivity index (χ4n) is 2.05. The van der Waals surface area contributed by atoms with Crippen molar-refractivity contribution >= 4 is 17.2 Å². The van der Waals surface area contributed by atoms with Gasteiger partial charge in [-0.1, -0.05) is 11.6 Å². The van der Waals surface area contributed by atoms with E-state index < -0.39 is 11.4 Å². The van der Waals surface area contributed by atoms with Crippen LogP contribution in [0.5, 0.6) is 0 Å². The molecule has 2 heterocycles. The summed E-state index contributed by atoms with van der Waals surface area (Å²) in [6, 6.07) is 3.93. The smallest absolute Gasteiger partial charge is 0.280 e. The highest BCUT2D eigenvalue weighted by Gasteiger charge is 2.12. The van der Waals surface area contributed by atoms with Crippen molar-refractivity contribution in [3.05, 3.63) is 62.3 Å². The molecule has 0 bridgehead atoms. The maximum atomic E-state index is 13.2. The molecule has 0 spiro atoms. The van der Waals surface area contributed by atoms with Crippen LogP contribution in [0.4, 0.5) is 4.39 Å². The zero-order valence-electron chi connectivity index (χ0n) is 11.0. The van der Waals surface area contributed by atoms with Gasteiger partial charge in [0.2, 0.25) is 5.65 Å². The fraction of sp³-hybridized carbons (Fsp3) is 0.154. The SMILES string of the molecule is CCn1nc2c(=O)n(-c3ccc(F)c(Cl)c3)ccn2c1=O. The van der Waals surface area contributed by atoms with Crippen LogP contribution in [-0.2, 0) is 6.54 Å². The van der Waals surface area contributed by atoms with Crippen LogP contribution in [0.1, 0.15) is 6.92 Å². The van der Waals surface area contributed by atoms with Crippen molar-refractivity contribution in [2.45, 2.75) is 13.5 Å². The molecule has 0 radical (unpaired) electrons. The van der Waals surface area contributed by atoms with Gasteiger partial charge >= 0.3 is 11.2 Å². The average molecular weight is 309 g/mol. The van der Waals surface area contributed by atoms with E-state index in [9.17, 15) is 14.0 Å². The highest BCUT2D eigenvalue weighted by atomic mass is 35.5. The highest BCUT2D eigenvalue weighted by molar-refractivity contribution is 6.30. The number of hydrogen-bond acceptors (Lipinski definition) is 3. The molecule has 0 N–H and O–H groups in total. The Hall–Kier alpha value is -2.41. The molecule has 0 amide bonds. The van der Waals surface area contributed by atoms with Crippen LogP contribution in [0.3, 0.4) is 0 Å². The minimum atomic E-state index is -0.568. The molecule has 8 heteroatoms. The van der Waals surface area contributed by atoms with E-state index in [1.165, 1.54) is 44.2 Å². The van der Waals surface area contributed by atoms with Gasteiger partial charge in [0.1, 0.15) is 5.82 Å². The average Bonchev–Trinajstić information content (AvgIpc) is 2.80. The molecule has 0 aliphatic heterocycles. The molecule has 21 heavy (non-hydrogen) atoms. The molecular weight excluding hydrogens is 299 g/mol. The lowest BCUT2D eigenvalue weighted by Gasteiger charge is -2.06. The molecule has 108 valence electrons. The first-order valence-electron chi connectivity index (χ1n) is 6.19. The van der Waals surface area contributed by atoms with Crippen LogP contribution in [0.15, 0.2) is 40.2 Å². The number of fused-ring (bicyclic) bond motifs is 1. The Bertz CT molecular complexity index is 957. The maximum absolute atomic E-state index is 13.2. The van der Waals surface area contributed by atoms with Gasteiger partial charge in [0.25, 0.3) is 0 Å². The van der Waals surface area contributed by atoms with E-state index in [2.05, 4.69) is 5.10 Å². The quantitative estimate of drug-likeness (QED) is 0.720. The number of hydrogen-bond donors (Lipinski definition) is 0. The summed E-state index contributed by atoms with van der Waals surface area (Å²) in [5, 5.41) is 3.90. The van der Waals surface area contributed by atoms with E-state index in [1.807, 2.05) is 0 Å². The first-order valence-corrected chi connectivity index (χ1v) is 6.57. The molecule has 0 aliphatic carbocycles. The monoisotopic (exact) mass is 308 g/mol. The van der Waals surface area contributed by atoms with Gasteiger partial charge < -0.3 is 0 Å². The summed E-state index contributed by atoms with van der Waals surface area (Å²) in [5.74, 6) is -0.568. The Morgan fingerprint density at radius 1 is 1.29 bits per heavy atom. The normalized spacial score (nSPS) is 11.2. The summed E-state index contributed by atoms with van der Waals surface area (Å²) < 4.78 is 16.8. The second-order valence-corrected chi connectivity index (χ2v) is 4.77. The number of benzene rings is 1. The van der Waals surface area contributed by atoms with Crippen molar-refractivity contribution in [3.63, 3.8) is 0 Å². The van der Waals surface area contributed by atoms with Crippen molar-refractivity contribution in [2.24, 2.45) is 0 Å². The van der Waals surface area contributed by atoms with E-state index in [-0.39, 0.29) is 16.4 Å². The molecule has 0 saturated heterocycles. The van der Waals surface area contributed by atoms with E-state index >= 15 is 0 Å². The molecular formula is C13H10ClFN4O2. The minimum Gasteiger partial charge on any atom is -0.280 e. The van der Waals surface area contributed by atoms with E-state index in [0.29, 0.717) is 12.2 Å². The summed E-state index contributed by atoms with van der Waals surface area (Å²) in [7, 11) is 0. The van der Waals surface area contributed by atoms with Crippen LogP contribution in [0.25, 0.3) is 11.3 Å². The largest absolute Gasteiger partial charge is 0.350 e. The van der Waals surface area contributed by atoms with Crippen LogP contribution < -0.4 is 11.2 Å². The van der Waals surface area contributed by atoms with Gasteiger partial charge in [-0.15, -0.1) is 5.10 Å². The molecule has 2 aromatic heterocycles. The third kappa shape index (κ3) is 2.06. The van der Waals surface area contributed by atoms with Crippen LogP contribution in [0.2, 0.25) is 5.02 Å². The minimum absolute atomic E-state index is 0.00444. The van der Waals surface area contributed by atoms with Crippen LogP contribution >= 0.6 is 11.6 Å². The van der Waals surface area contributed by atoms with E-state index in [4.69, 9.17) is 11.6 Å². The number of halogens is 2. The van der Waals surface area contributed by atoms with Gasteiger partial charge in [-0.25, -0.2) is 18.3 Å². The lowest BCUT2D eigenvalue weighted by Crippen LogP contribution is -2.23. The lowest BCUT2D eigenvalue weighted by atomic mass is 10.3. The van der Waals surface area contributed by atoms with Gasteiger partial charge in [-0.2, -0.15) is 0 Å². The van der Waals surface area contributed by atoms with Gasteiger partial charge in [0, 0.05) is 18.9 Å². The number of aryl methyl sites for hydroxylation is 1. The summed E-state index contributed by atoms with van der Waals surface area (Å²) in [4.78, 5) is 24.3. The summed E-state index contributed by atoms with van der Waals surface area (Å²) in [5.41, 5.74) is -0.462. The van der Waals surface area contributed by atoms with E-state index in [0.717, 1.165) is 0 Å².